The number of nitrogens with zero attached hydrogens (tertiary/aromatic N) is 1. The first-order chi connectivity index (χ1) is 12.5. The number of aliphatic carboxylic acids is 1. The summed E-state index contributed by atoms with van der Waals surface area (Å²) in [5, 5.41) is 13.0. The van der Waals surface area contributed by atoms with Crippen LogP contribution in [0.25, 0.3) is 0 Å². The molecule has 0 spiro atoms. The Bertz CT molecular complexity index is 780. The second-order valence-electron chi connectivity index (χ2n) is 5.86. The number of carboxylic acid groups (broad SMARTS) is 1. The molecule has 0 unspecified atom stereocenters. The number of carboxylic acids is 1. The quantitative estimate of drug-likeness (QED) is 0.563. The second-order valence-corrected chi connectivity index (χ2v) is 5.86. The van der Waals surface area contributed by atoms with Crippen LogP contribution in [0, 0.1) is 13.8 Å². The molecule has 6 heteroatoms. The van der Waals surface area contributed by atoms with E-state index in [1.165, 1.54) is 0 Å². The largest absolute Gasteiger partial charge is 0.483 e. The lowest BCUT2D eigenvalue weighted by Gasteiger charge is -2.11. The van der Waals surface area contributed by atoms with Crippen molar-refractivity contribution in [2.24, 2.45) is 5.10 Å². The van der Waals surface area contributed by atoms with Crippen molar-refractivity contribution in [3.8, 4) is 5.75 Å². The predicted molar refractivity (Wildman–Crippen MR) is 99.4 cm³/mol. The van der Waals surface area contributed by atoms with Gasteiger partial charge < -0.3 is 9.84 Å². The Kier molecular flexibility index (Phi) is 6.91. The maximum atomic E-state index is 12.1. The number of benzene rings is 2. The lowest BCUT2D eigenvalue weighted by atomic mass is 10.1. The highest BCUT2D eigenvalue weighted by Crippen LogP contribution is 2.22. The van der Waals surface area contributed by atoms with E-state index in [9.17, 15) is 9.59 Å². The molecule has 0 fully saturated rings. The van der Waals surface area contributed by atoms with Crippen molar-refractivity contribution >= 4 is 17.6 Å². The number of ether oxygens (including phenoxy) is 1. The number of nitrogens with one attached hydrogen (secondary N) is 1. The van der Waals surface area contributed by atoms with Crippen molar-refractivity contribution in [1.82, 2.24) is 5.43 Å². The molecule has 0 aromatic heterocycles. The van der Waals surface area contributed by atoms with Crippen LogP contribution in [0.5, 0.6) is 5.75 Å². The van der Waals surface area contributed by atoms with Gasteiger partial charge in [0.2, 0.25) is 0 Å². The van der Waals surface area contributed by atoms with E-state index in [1.807, 2.05) is 62.4 Å². The van der Waals surface area contributed by atoms with Crippen molar-refractivity contribution < 1.29 is 19.4 Å². The lowest BCUT2D eigenvalue weighted by molar-refractivity contribution is -0.136. The minimum Gasteiger partial charge on any atom is -0.483 e. The Labute approximate surface area is 152 Å². The molecule has 0 saturated heterocycles. The molecular formula is C20H22N2O4. The highest BCUT2D eigenvalue weighted by molar-refractivity contribution is 6.02. The van der Waals surface area contributed by atoms with E-state index in [0.717, 1.165) is 16.7 Å². The number of hydrogen-bond acceptors (Lipinski definition) is 4. The third-order valence-corrected chi connectivity index (χ3v) is 3.75. The Morgan fingerprint density at radius 2 is 1.65 bits per heavy atom. The third kappa shape index (κ3) is 5.73. The summed E-state index contributed by atoms with van der Waals surface area (Å²) in [7, 11) is 0. The van der Waals surface area contributed by atoms with Crippen LogP contribution in [-0.2, 0) is 9.59 Å². The van der Waals surface area contributed by atoms with Gasteiger partial charge in [0, 0.05) is 6.42 Å². The van der Waals surface area contributed by atoms with E-state index in [4.69, 9.17) is 9.84 Å². The molecule has 136 valence electrons. The molecular weight excluding hydrogens is 332 g/mol. The molecule has 0 heterocycles. The van der Waals surface area contributed by atoms with Crippen LogP contribution >= 0.6 is 0 Å². The first-order valence-corrected chi connectivity index (χ1v) is 8.29. The SMILES string of the molecule is Cc1cccc(C)c1OCC(=O)N/N=C(/CCC(=O)O)c1ccccc1. The Morgan fingerprint density at radius 3 is 2.27 bits per heavy atom. The van der Waals surface area contributed by atoms with Crippen LogP contribution in [0.2, 0.25) is 0 Å². The van der Waals surface area contributed by atoms with Gasteiger partial charge in [-0.05, 0) is 30.5 Å². The van der Waals surface area contributed by atoms with Crippen molar-refractivity contribution in [2.75, 3.05) is 6.61 Å². The standard InChI is InChI=1S/C20H22N2O4/c1-14-7-6-8-15(2)20(14)26-13-18(23)22-21-17(11-12-19(24)25)16-9-4-3-5-10-16/h3-10H,11-13H2,1-2H3,(H,22,23)(H,24,25)/b21-17-. The van der Waals surface area contributed by atoms with Crippen LogP contribution in [0.4, 0.5) is 0 Å². The van der Waals surface area contributed by atoms with Gasteiger partial charge in [0.1, 0.15) is 5.75 Å². The predicted octanol–water partition coefficient (Wildman–Crippen LogP) is 3.07. The van der Waals surface area contributed by atoms with Gasteiger partial charge in [0.15, 0.2) is 6.61 Å². The van der Waals surface area contributed by atoms with Crippen molar-refractivity contribution in [3.05, 3.63) is 65.2 Å². The fourth-order valence-electron chi connectivity index (χ4n) is 2.45. The number of para-hydroxylation sites is 1. The fraction of sp³-hybridized carbons (Fsp3) is 0.250. The smallest absolute Gasteiger partial charge is 0.303 e. The molecule has 1 amide bonds. The number of aryl methyl sites for hydroxylation is 2. The minimum absolute atomic E-state index is 0.0670. The van der Waals surface area contributed by atoms with Crippen molar-refractivity contribution in [2.45, 2.75) is 26.7 Å². The fourth-order valence-corrected chi connectivity index (χ4v) is 2.45. The summed E-state index contributed by atoms with van der Waals surface area (Å²) in [6.45, 7) is 3.66. The van der Waals surface area contributed by atoms with E-state index in [2.05, 4.69) is 10.5 Å². The maximum absolute atomic E-state index is 12.1. The van der Waals surface area contributed by atoms with Crippen LogP contribution in [0.1, 0.15) is 29.5 Å². The average Bonchev–Trinajstić information content (AvgIpc) is 2.62. The maximum Gasteiger partial charge on any atom is 0.303 e. The molecule has 0 radical (unpaired) electrons. The van der Waals surface area contributed by atoms with Crippen LogP contribution in [-0.4, -0.2) is 29.3 Å². The number of hydrogen-bond donors (Lipinski definition) is 2. The number of carbonyl (C=O) groups is 2. The molecule has 2 aromatic carbocycles. The molecule has 26 heavy (non-hydrogen) atoms. The molecule has 0 bridgehead atoms. The summed E-state index contributed by atoms with van der Waals surface area (Å²) >= 11 is 0. The molecule has 0 atom stereocenters. The van der Waals surface area contributed by atoms with Gasteiger partial charge in [-0.3, -0.25) is 9.59 Å². The second kappa shape index (κ2) is 9.36. The van der Waals surface area contributed by atoms with Gasteiger partial charge in [0.25, 0.3) is 5.91 Å². The van der Waals surface area contributed by atoms with Crippen LogP contribution in [0.15, 0.2) is 53.6 Å². The molecule has 0 aliphatic carbocycles. The van der Waals surface area contributed by atoms with E-state index < -0.39 is 11.9 Å². The van der Waals surface area contributed by atoms with Crippen molar-refractivity contribution in [1.29, 1.82) is 0 Å². The van der Waals surface area contributed by atoms with Gasteiger partial charge in [-0.2, -0.15) is 5.10 Å². The van der Waals surface area contributed by atoms with E-state index in [1.54, 1.807) is 0 Å². The first kappa shape index (κ1) is 19.2. The van der Waals surface area contributed by atoms with Gasteiger partial charge in [-0.1, -0.05) is 48.5 Å². The topological polar surface area (TPSA) is 88.0 Å². The normalized spacial score (nSPS) is 11.1. The first-order valence-electron chi connectivity index (χ1n) is 8.29. The summed E-state index contributed by atoms with van der Waals surface area (Å²) in [5.74, 6) is -0.643. The van der Waals surface area contributed by atoms with Gasteiger partial charge >= 0.3 is 5.97 Å². The van der Waals surface area contributed by atoms with Crippen molar-refractivity contribution in [3.63, 3.8) is 0 Å². The van der Waals surface area contributed by atoms with E-state index in [0.29, 0.717) is 11.5 Å². The summed E-state index contributed by atoms with van der Waals surface area (Å²) in [6.07, 6.45) is 0.153. The van der Waals surface area contributed by atoms with Gasteiger partial charge in [-0.15, -0.1) is 0 Å². The molecule has 2 N–H and O–H groups in total. The number of rotatable bonds is 8. The van der Waals surface area contributed by atoms with E-state index >= 15 is 0 Å². The van der Waals surface area contributed by atoms with Gasteiger partial charge in [-0.25, -0.2) is 5.43 Å². The number of carbonyl (C=O) groups excluding carboxylic acids is 1. The highest BCUT2D eigenvalue weighted by Gasteiger charge is 2.10. The minimum atomic E-state index is -0.918. The summed E-state index contributed by atoms with van der Waals surface area (Å²) in [4.78, 5) is 22.9. The average molecular weight is 354 g/mol. The molecule has 0 aliphatic rings. The highest BCUT2D eigenvalue weighted by atomic mass is 16.5. The Morgan fingerprint density at radius 1 is 1.00 bits per heavy atom. The van der Waals surface area contributed by atoms with Gasteiger partial charge in [0.05, 0.1) is 12.1 Å². The zero-order valence-electron chi connectivity index (χ0n) is 14.9. The van der Waals surface area contributed by atoms with Crippen LogP contribution in [0.3, 0.4) is 0 Å². The molecule has 0 aliphatic heterocycles. The van der Waals surface area contributed by atoms with E-state index in [-0.39, 0.29) is 19.4 Å². The molecule has 6 nitrogen and oxygen atoms in total. The Hall–Kier alpha value is -3.15. The molecule has 2 aromatic rings. The summed E-state index contributed by atoms with van der Waals surface area (Å²) in [6, 6.07) is 14.9. The van der Waals surface area contributed by atoms with Crippen LogP contribution < -0.4 is 10.2 Å². The zero-order valence-corrected chi connectivity index (χ0v) is 14.9. The Balaban J connectivity index is 2.01. The monoisotopic (exact) mass is 354 g/mol. The molecule has 2 rings (SSSR count). The molecule has 0 saturated carbocycles. The number of amides is 1. The third-order valence-electron chi connectivity index (χ3n) is 3.75. The summed E-state index contributed by atoms with van der Waals surface area (Å²) in [5.41, 5.74) is 5.62. The lowest BCUT2D eigenvalue weighted by Crippen LogP contribution is -2.26. The number of hydrazone groups is 1. The summed E-state index contributed by atoms with van der Waals surface area (Å²) < 4.78 is 5.59. The zero-order chi connectivity index (χ0) is 18.9.